The standard InChI is InChI=1S/C15H14BrClO2/c16-13-6-7-15(14(17)10-13)19-9-8-18-11-12-4-2-1-3-5-12/h1-7,10H,8-9,11H2/i9D2. The highest BCUT2D eigenvalue weighted by Gasteiger charge is 2.01. The van der Waals surface area contributed by atoms with E-state index < -0.39 is 6.56 Å². The maximum atomic E-state index is 7.83. The predicted octanol–water partition coefficient (Wildman–Crippen LogP) is 4.70. The molecule has 0 N–H and O–H groups in total. The third kappa shape index (κ3) is 4.86. The molecule has 0 atom stereocenters. The van der Waals surface area contributed by atoms with Gasteiger partial charge in [0.25, 0.3) is 0 Å². The fraction of sp³-hybridized carbons (Fsp3) is 0.200. The van der Waals surface area contributed by atoms with Gasteiger partial charge in [-0.25, -0.2) is 0 Å². The zero-order valence-electron chi connectivity index (χ0n) is 12.1. The van der Waals surface area contributed by atoms with Crippen LogP contribution < -0.4 is 4.74 Å². The van der Waals surface area contributed by atoms with Crippen LogP contribution in [0.3, 0.4) is 0 Å². The Hall–Kier alpha value is -1.03. The summed E-state index contributed by atoms with van der Waals surface area (Å²) >= 11 is 9.29. The molecule has 0 aliphatic rings. The molecule has 0 amide bonds. The van der Waals surface area contributed by atoms with Crippen molar-refractivity contribution < 1.29 is 12.2 Å². The van der Waals surface area contributed by atoms with Crippen molar-refractivity contribution in [3.63, 3.8) is 0 Å². The van der Waals surface area contributed by atoms with Gasteiger partial charge in [-0.15, -0.1) is 0 Å². The second-order valence-electron chi connectivity index (χ2n) is 3.80. The fourth-order valence-electron chi connectivity index (χ4n) is 1.45. The largest absolute Gasteiger partial charge is 0.490 e. The first-order chi connectivity index (χ1) is 9.96. The minimum atomic E-state index is -1.95. The molecule has 2 rings (SSSR count). The van der Waals surface area contributed by atoms with Gasteiger partial charge in [0.15, 0.2) is 0 Å². The summed E-state index contributed by atoms with van der Waals surface area (Å²) in [5.41, 5.74) is 0.981. The van der Waals surface area contributed by atoms with Gasteiger partial charge in [0, 0.05) is 4.47 Å². The highest BCUT2D eigenvalue weighted by molar-refractivity contribution is 9.10. The highest BCUT2D eigenvalue weighted by atomic mass is 79.9. The first kappa shape index (κ1) is 11.8. The molecular formula is C15H14BrClO2. The summed E-state index contributed by atoms with van der Waals surface area (Å²) in [5.74, 6) is 0.285. The molecule has 0 saturated heterocycles. The van der Waals surface area contributed by atoms with E-state index in [1.165, 1.54) is 0 Å². The molecule has 0 unspecified atom stereocenters. The number of benzene rings is 2. The quantitative estimate of drug-likeness (QED) is 0.757. The minimum absolute atomic E-state index is 0.186. The van der Waals surface area contributed by atoms with Crippen molar-refractivity contribution in [2.24, 2.45) is 0 Å². The molecule has 0 spiro atoms. The Bertz CT molecular complexity index is 593. The van der Waals surface area contributed by atoms with Gasteiger partial charge in [0.2, 0.25) is 0 Å². The molecule has 19 heavy (non-hydrogen) atoms. The summed E-state index contributed by atoms with van der Waals surface area (Å²) in [6.45, 7) is -1.81. The molecule has 0 saturated carbocycles. The zero-order chi connectivity index (χ0) is 15.3. The van der Waals surface area contributed by atoms with E-state index in [1.54, 1.807) is 18.2 Å². The third-order valence-electron chi connectivity index (χ3n) is 2.35. The number of hydrogen-bond donors (Lipinski definition) is 0. The summed E-state index contributed by atoms with van der Waals surface area (Å²) in [5, 5.41) is 0.344. The van der Waals surface area contributed by atoms with Crippen LogP contribution in [0.4, 0.5) is 0 Å². The molecule has 2 nitrogen and oxygen atoms in total. The van der Waals surface area contributed by atoms with Crippen LogP contribution in [0.25, 0.3) is 0 Å². The summed E-state index contributed by atoms with van der Waals surface area (Å²) in [4.78, 5) is 0. The predicted molar refractivity (Wildman–Crippen MR) is 80.7 cm³/mol. The Kier molecular flexibility index (Phi) is 4.67. The zero-order valence-corrected chi connectivity index (χ0v) is 12.4. The summed E-state index contributed by atoms with van der Waals surface area (Å²) < 4.78 is 27.1. The van der Waals surface area contributed by atoms with Crippen molar-refractivity contribution in [1.82, 2.24) is 0 Å². The molecule has 100 valence electrons. The van der Waals surface area contributed by atoms with Crippen molar-refractivity contribution in [3.05, 3.63) is 63.6 Å². The topological polar surface area (TPSA) is 18.5 Å². The first-order valence-corrected chi connectivity index (χ1v) is 6.89. The van der Waals surface area contributed by atoms with Gasteiger partial charge >= 0.3 is 0 Å². The third-order valence-corrected chi connectivity index (χ3v) is 3.14. The van der Waals surface area contributed by atoms with E-state index in [0.29, 0.717) is 11.6 Å². The van der Waals surface area contributed by atoms with Crippen LogP contribution in [0, 0.1) is 0 Å². The lowest BCUT2D eigenvalue weighted by atomic mass is 10.2. The number of hydrogen-bond acceptors (Lipinski definition) is 2. The second-order valence-corrected chi connectivity index (χ2v) is 5.12. The normalized spacial score (nSPS) is 12.7. The molecule has 2 aromatic carbocycles. The molecule has 0 bridgehead atoms. The Balaban J connectivity index is 1.89. The van der Waals surface area contributed by atoms with Crippen molar-refractivity contribution in [2.45, 2.75) is 6.61 Å². The van der Waals surface area contributed by atoms with Gasteiger partial charge in [-0.2, -0.15) is 0 Å². The summed E-state index contributed by atoms with van der Waals surface area (Å²) in [7, 11) is 0. The van der Waals surface area contributed by atoms with Crippen LogP contribution in [-0.4, -0.2) is 13.2 Å². The Morgan fingerprint density at radius 3 is 2.68 bits per heavy atom. The Morgan fingerprint density at radius 2 is 1.95 bits per heavy atom. The lowest BCUT2D eigenvalue weighted by molar-refractivity contribution is 0.0889. The van der Waals surface area contributed by atoms with Crippen LogP contribution in [0.15, 0.2) is 53.0 Å². The molecule has 0 aromatic heterocycles. The SMILES string of the molecule is [2H]C([2H])(COCc1ccccc1)Oc1ccc(Br)cc1Cl. The summed E-state index contributed by atoms with van der Waals surface area (Å²) in [6.07, 6.45) is 0. The Morgan fingerprint density at radius 1 is 1.16 bits per heavy atom. The highest BCUT2D eigenvalue weighted by Crippen LogP contribution is 2.27. The molecular weight excluding hydrogens is 328 g/mol. The first-order valence-electron chi connectivity index (χ1n) is 6.72. The van der Waals surface area contributed by atoms with Crippen LogP contribution in [0.2, 0.25) is 5.02 Å². The second kappa shape index (κ2) is 7.53. The van der Waals surface area contributed by atoms with Gasteiger partial charge in [0.1, 0.15) is 12.3 Å². The number of halogens is 2. The van der Waals surface area contributed by atoms with Crippen molar-refractivity contribution in [3.8, 4) is 5.75 Å². The molecule has 0 fully saturated rings. The maximum Gasteiger partial charge on any atom is 0.138 e. The molecule has 0 aliphatic heterocycles. The Labute approximate surface area is 129 Å². The van der Waals surface area contributed by atoms with Crippen LogP contribution in [0.5, 0.6) is 5.75 Å². The average Bonchev–Trinajstić information content (AvgIpc) is 2.43. The molecule has 2 aromatic rings. The monoisotopic (exact) mass is 342 g/mol. The number of ether oxygens (including phenoxy) is 2. The molecule has 0 heterocycles. The average molecular weight is 344 g/mol. The van der Waals surface area contributed by atoms with Gasteiger partial charge < -0.3 is 9.47 Å². The maximum absolute atomic E-state index is 7.83. The van der Waals surface area contributed by atoms with E-state index in [-0.39, 0.29) is 12.4 Å². The minimum Gasteiger partial charge on any atom is -0.490 e. The fourth-order valence-corrected chi connectivity index (χ4v) is 2.16. The van der Waals surface area contributed by atoms with Crippen LogP contribution >= 0.6 is 27.5 Å². The van der Waals surface area contributed by atoms with E-state index in [1.807, 2.05) is 30.3 Å². The summed E-state index contributed by atoms with van der Waals surface area (Å²) in [6, 6.07) is 14.6. The van der Waals surface area contributed by atoms with E-state index >= 15 is 0 Å². The smallest absolute Gasteiger partial charge is 0.138 e. The van der Waals surface area contributed by atoms with Gasteiger partial charge in [0.05, 0.1) is 21.0 Å². The van der Waals surface area contributed by atoms with Crippen molar-refractivity contribution in [1.29, 1.82) is 0 Å². The molecule has 4 heteroatoms. The number of rotatable bonds is 6. The van der Waals surface area contributed by atoms with Crippen LogP contribution in [-0.2, 0) is 11.3 Å². The molecule has 0 radical (unpaired) electrons. The van der Waals surface area contributed by atoms with Gasteiger partial charge in [-0.1, -0.05) is 57.9 Å². The lowest BCUT2D eigenvalue weighted by Crippen LogP contribution is -2.06. The van der Waals surface area contributed by atoms with Crippen molar-refractivity contribution in [2.75, 3.05) is 13.2 Å². The van der Waals surface area contributed by atoms with Gasteiger partial charge in [-0.05, 0) is 23.8 Å². The van der Waals surface area contributed by atoms with E-state index in [4.69, 9.17) is 23.8 Å². The van der Waals surface area contributed by atoms with E-state index in [9.17, 15) is 0 Å². The van der Waals surface area contributed by atoms with Crippen molar-refractivity contribution >= 4 is 27.5 Å². The van der Waals surface area contributed by atoms with E-state index in [0.717, 1.165) is 10.0 Å². The van der Waals surface area contributed by atoms with E-state index in [2.05, 4.69) is 15.9 Å². The lowest BCUT2D eigenvalue weighted by Gasteiger charge is -2.09. The van der Waals surface area contributed by atoms with Gasteiger partial charge in [-0.3, -0.25) is 0 Å². The van der Waals surface area contributed by atoms with Crippen LogP contribution in [0.1, 0.15) is 8.30 Å². The molecule has 0 aliphatic carbocycles.